The topological polar surface area (TPSA) is 78.9 Å². The van der Waals surface area contributed by atoms with Crippen molar-refractivity contribution in [2.24, 2.45) is 0 Å². The van der Waals surface area contributed by atoms with Crippen LogP contribution in [0.2, 0.25) is 0 Å². The second kappa shape index (κ2) is 64.8. The summed E-state index contributed by atoms with van der Waals surface area (Å²) in [6.07, 6.45) is 98.9. The summed E-state index contributed by atoms with van der Waals surface area (Å²) in [5.41, 5.74) is 0. The summed E-state index contributed by atoms with van der Waals surface area (Å²) in [4.78, 5) is 38.0. The van der Waals surface area contributed by atoms with E-state index in [1.165, 1.54) is 25.7 Å². The zero-order valence-corrected chi connectivity index (χ0v) is 50.0. The van der Waals surface area contributed by atoms with E-state index in [1.54, 1.807) is 0 Å². The first-order valence-corrected chi connectivity index (χ1v) is 30.9. The van der Waals surface area contributed by atoms with Crippen LogP contribution in [0.15, 0.2) is 194 Å². The summed E-state index contributed by atoms with van der Waals surface area (Å²) in [5, 5.41) is 0. The highest BCUT2D eigenvalue weighted by Crippen LogP contribution is 2.12. The molecule has 0 N–H and O–H groups in total. The van der Waals surface area contributed by atoms with Gasteiger partial charge < -0.3 is 14.2 Å². The summed E-state index contributed by atoms with van der Waals surface area (Å²) < 4.78 is 16.7. The van der Waals surface area contributed by atoms with Gasteiger partial charge in [-0.3, -0.25) is 14.4 Å². The van der Waals surface area contributed by atoms with Crippen LogP contribution in [0.1, 0.15) is 226 Å². The molecule has 0 aromatic rings. The van der Waals surface area contributed by atoms with Crippen LogP contribution in [-0.2, 0) is 28.6 Å². The molecule has 0 spiro atoms. The van der Waals surface area contributed by atoms with E-state index in [2.05, 4.69) is 215 Å². The standard InChI is InChI=1S/C73H110O6/c1-4-7-10-13-16-18-20-22-24-26-28-30-32-34-35-36-37-39-40-42-44-46-48-50-52-54-57-60-63-66-72(75)78-69-70(68-77-71(74)65-62-59-56-15-12-9-6-3)79-73(76)67-64-61-58-55-53-51-49-47-45-43-41-38-33-31-29-27-25-23-21-19-17-14-11-8-5-2/h7-8,10-11,16-19,22-25,28-31,34-35,37-39,41-42,44-45,47-48,50-51,53-54,57,70H,4-6,9,12-15,20-21,26-27,32-33,36,40,43,46,49,52,55-56,58-69H2,1-3H3/b10-7-,11-8-,18-16-,19-17-,24-22-,25-23-,30-28-,31-29-,35-34-,39-37-,41-38-,44-42-,47-45-,50-48-,53-51-,57-54-. The molecule has 0 bridgehead atoms. The maximum atomic E-state index is 12.8. The molecule has 0 aromatic heterocycles. The Morgan fingerprint density at radius 1 is 0.266 bits per heavy atom. The van der Waals surface area contributed by atoms with Crippen LogP contribution in [-0.4, -0.2) is 37.2 Å². The van der Waals surface area contributed by atoms with Gasteiger partial charge in [0.15, 0.2) is 6.10 Å². The molecule has 0 aliphatic carbocycles. The van der Waals surface area contributed by atoms with Crippen molar-refractivity contribution >= 4 is 17.9 Å². The number of carbonyl (C=O) groups excluding carboxylic acids is 3. The first-order valence-electron chi connectivity index (χ1n) is 30.9. The van der Waals surface area contributed by atoms with Crippen molar-refractivity contribution in [3.63, 3.8) is 0 Å². The lowest BCUT2D eigenvalue weighted by Crippen LogP contribution is -2.30. The molecule has 0 saturated carbocycles. The normalized spacial score (nSPS) is 13.5. The second-order valence-electron chi connectivity index (χ2n) is 19.5. The van der Waals surface area contributed by atoms with Gasteiger partial charge in [-0.15, -0.1) is 0 Å². The number of carbonyl (C=O) groups is 3. The smallest absolute Gasteiger partial charge is 0.306 e. The summed E-state index contributed by atoms with van der Waals surface area (Å²) in [5.74, 6) is -1.04. The molecule has 0 aliphatic rings. The number of ether oxygens (including phenoxy) is 3. The Bertz CT molecular complexity index is 1920. The van der Waals surface area contributed by atoms with E-state index in [9.17, 15) is 14.4 Å². The second-order valence-corrected chi connectivity index (χ2v) is 19.5. The maximum Gasteiger partial charge on any atom is 0.306 e. The van der Waals surface area contributed by atoms with Gasteiger partial charge in [-0.2, -0.15) is 0 Å². The lowest BCUT2D eigenvalue weighted by atomic mass is 10.1. The molecule has 1 atom stereocenters. The van der Waals surface area contributed by atoms with Gasteiger partial charge in [-0.05, 0) is 141 Å². The van der Waals surface area contributed by atoms with Crippen molar-refractivity contribution in [1.29, 1.82) is 0 Å². The van der Waals surface area contributed by atoms with E-state index in [0.29, 0.717) is 19.3 Å². The molecular formula is C73H110O6. The van der Waals surface area contributed by atoms with E-state index in [4.69, 9.17) is 14.2 Å². The quantitative estimate of drug-likeness (QED) is 0.0261. The Labute approximate surface area is 484 Å². The Balaban J connectivity index is 4.40. The van der Waals surface area contributed by atoms with Gasteiger partial charge in [0.1, 0.15) is 13.2 Å². The van der Waals surface area contributed by atoms with Gasteiger partial charge in [-0.1, -0.05) is 260 Å². The third-order valence-electron chi connectivity index (χ3n) is 12.1. The molecule has 0 aliphatic heterocycles. The molecule has 0 aromatic carbocycles. The Morgan fingerprint density at radius 2 is 0.506 bits per heavy atom. The van der Waals surface area contributed by atoms with Gasteiger partial charge >= 0.3 is 17.9 Å². The van der Waals surface area contributed by atoms with Crippen LogP contribution in [0.3, 0.4) is 0 Å². The predicted molar refractivity (Wildman–Crippen MR) is 343 cm³/mol. The highest BCUT2D eigenvalue weighted by atomic mass is 16.6. The highest BCUT2D eigenvalue weighted by molar-refractivity contribution is 5.71. The van der Waals surface area contributed by atoms with Crippen molar-refractivity contribution in [3.8, 4) is 0 Å². The molecule has 0 saturated heterocycles. The maximum absolute atomic E-state index is 12.8. The minimum Gasteiger partial charge on any atom is -0.462 e. The average molecular weight is 1080 g/mol. The number of unbranched alkanes of at least 4 members (excludes halogenated alkanes) is 10. The summed E-state index contributed by atoms with van der Waals surface area (Å²) in [6, 6.07) is 0. The molecule has 0 radical (unpaired) electrons. The number of hydrogen-bond acceptors (Lipinski definition) is 6. The fraction of sp³-hybridized carbons (Fsp3) is 0.521. The van der Waals surface area contributed by atoms with E-state index < -0.39 is 6.10 Å². The summed E-state index contributed by atoms with van der Waals surface area (Å²) in [7, 11) is 0. The van der Waals surface area contributed by atoms with Crippen LogP contribution < -0.4 is 0 Å². The molecule has 438 valence electrons. The number of rotatable bonds is 53. The van der Waals surface area contributed by atoms with Gasteiger partial charge in [0, 0.05) is 19.3 Å². The zero-order chi connectivity index (χ0) is 57.1. The highest BCUT2D eigenvalue weighted by Gasteiger charge is 2.19. The molecule has 6 heteroatoms. The molecule has 0 amide bonds. The van der Waals surface area contributed by atoms with Gasteiger partial charge in [0.05, 0.1) is 0 Å². The molecule has 0 rings (SSSR count). The fourth-order valence-electron chi connectivity index (χ4n) is 7.54. The lowest BCUT2D eigenvalue weighted by molar-refractivity contribution is -0.167. The molecule has 1 unspecified atom stereocenters. The van der Waals surface area contributed by atoms with Gasteiger partial charge in [0.2, 0.25) is 0 Å². The Morgan fingerprint density at radius 3 is 0.823 bits per heavy atom. The van der Waals surface area contributed by atoms with Crippen molar-refractivity contribution in [2.75, 3.05) is 13.2 Å². The lowest BCUT2D eigenvalue weighted by Gasteiger charge is -2.18. The van der Waals surface area contributed by atoms with Crippen LogP contribution in [0.4, 0.5) is 0 Å². The SMILES string of the molecule is CC/C=C\C/C=C\C/C=C\C/C=C\C/C=C\C/C=C\C/C=C\C/C=C\C/C=C\CCCC(=O)OCC(COC(=O)CCCCCCCCC)OC(=O)CCCCC/C=C\C/C=C\C/C=C\C/C=C\C/C=C\C/C=C\C/C=C\CC. The van der Waals surface area contributed by atoms with E-state index in [-0.39, 0.29) is 44.0 Å². The predicted octanol–water partition coefficient (Wildman–Crippen LogP) is 21.4. The van der Waals surface area contributed by atoms with Crippen molar-refractivity contribution < 1.29 is 28.6 Å². The molecule has 6 nitrogen and oxygen atoms in total. The number of allylic oxidation sites excluding steroid dienone is 32. The fourth-order valence-corrected chi connectivity index (χ4v) is 7.54. The van der Waals surface area contributed by atoms with E-state index >= 15 is 0 Å². The minimum atomic E-state index is -0.829. The van der Waals surface area contributed by atoms with E-state index in [1.807, 2.05) is 0 Å². The summed E-state index contributed by atoms with van der Waals surface area (Å²) >= 11 is 0. The average Bonchev–Trinajstić information content (AvgIpc) is 3.45. The molecule has 0 fully saturated rings. The summed E-state index contributed by atoms with van der Waals surface area (Å²) in [6.45, 7) is 6.26. The Kier molecular flexibility index (Phi) is 60.1. The van der Waals surface area contributed by atoms with Crippen molar-refractivity contribution in [2.45, 2.75) is 232 Å². The zero-order valence-electron chi connectivity index (χ0n) is 50.0. The van der Waals surface area contributed by atoms with Crippen molar-refractivity contribution in [1.82, 2.24) is 0 Å². The van der Waals surface area contributed by atoms with Gasteiger partial charge in [0.25, 0.3) is 0 Å². The minimum absolute atomic E-state index is 0.120. The van der Waals surface area contributed by atoms with Crippen LogP contribution >= 0.6 is 0 Å². The third-order valence-corrected chi connectivity index (χ3v) is 12.1. The van der Waals surface area contributed by atoms with E-state index in [0.717, 1.165) is 148 Å². The van der Waals surface area contributed by atoms with Gasteiger partial charge in [-0.25, -0.2) is 0 Å². The third kappa shape index (κ3) is 63.0. The first kappa shape index (κ1) is 73.2. The number of hydrogen-bond donors (Lipinski definition) is 0. The van der Waals surface area contributed by atoms with Crippen molar-refractivity contribution in [3.05, 3.63) is 194 Å². The first-order chi connectivity index (χ1) is 39.0. The monoisotopic (exact) mass is 1080 g/mol. The van der Waals surface area contributed by atoms with Crippen LogP contribution in [0.5, 0.6) is 0 Å². The Hall–Kier alpha value is -5.75. The van der Waals surface area contributed by atoms with Crippen LogP contribution in [0.25, 0.3) is 0 Å². The molecular weight excluding hydrogens is 973 g/mol. The molecule has 0 heterocycles. The molecule has 79 heavy (non-hydrogen) atoms. The number of esters is 3. The van der Waals surface area contributed by atoms with Crippen LogP contribution in [0, 0.1) is 0 Å². The largest absolute Gasteiger partial charge is 0.462 e.